The number of fused-ring (bicyclic) bond motifs is 1. The number of aromatic nitrogens is 1. The number of aryl methyl sites for hydroxylation is 1. The number of thiophene rings is 1. The molecule has 2 aromatic heterocycles. The Balaban J connectivity index is 0.773. The molecule has 1 aliphatic carbocycles. The lowest BCUT2D eigenvalue weighted by atomic mass is 9.85. The van der Waals surface area contributed by atoms with E-state index in [-0.39, 0.29) is 99.3 Å². The number of aliphatic hydroxyl groups is 1. The number of aliphatic hydroxyl groups excluding tert-OH is 1. The number of thiazole rings is 1. The van der Waals surface area contributed by atoms with Crippen molar-refractivity contribution in [2.75, 3.05) is 39.3 Å². The second kappa shape index (κ2) is 30.3. The summed E-state index contributed by atoms with van der Waals surface area (Å²) < 4.78 is 62.3. The van der Waals surface area contributed by atoms with Gasteiger partial charge < -0.3 is 60.9 Å². The number of β-amino-alcohol motifs (C(OH)–C–C–N with tert-alkyl or cyclic N) is 1. The molecule has 5 aromatic rings. The Hall–Kier alpha value is -7.13. The minimum Gasteiger partial charge on any atom is -0.391 e. The van der Waals surface area contributed by atoms with Gasteiger partial charge in [0.1, 0.15) is 30.3 Å². The highest BCUT2D eigenvalue weighted by Crippen LogP contribution is 2.59. The molecule has 0 spiro atoms. The molecule has 0 radical (unpaired) electrons. The Morgan fingerprint density at radius 1 is 0.771 bits per heavy atom. The highest BCUT2D eigenvalue weighted by Gasteiger charge is 2.54. The molecule has 520 valence electrons. The number of rotatable bonds is 26. The number of nitrogens with zero attached hydrogens (tertiary/aromatic N) is 4. The van der Waals surface area contributed by atoms with Gasteiger partial charge >= 0.3 is 13.3 Å². The number of morpholine rings is 1. The molecular formula is C68H87F3N9O13PS2. The summed E-state index contributed by atoms with van der Waals surface area (Å²) in [7, 11) is -5.88. The van der Waals surface area contributed by atoms with Crippen LogP contribution < -0.4 is 26.6 Å². The predicted octanol–water partition coefficient (Wildman–Crippen LogP) is 8.48. The number of amides is 8. The van der Waals surface area contributed by atoms with Crippen molar-refractivity contribution < 1.29 is 75.7 Å². The van der Waals surface area contributed by atoms with E-state index >= 15 is 0 Å². The van der Waals surface area contributed by atoms with E-state index in [1.807, 2.05) is 61.5 Å². The molecule has 28 heteroatoms. The normalized spacial score (nSPS) is 20.7. The van der Waals surface area contributed by atoms with Crippen molar-refractivity contribution in [2.45, 2.75) is 185 Å². The van der Waals surface area contributed by atoms with Gasteiger partial charge in [-0.05, 0) is 90.1 Å². The third-order valence-corrected chi connectivity index (χ3v) is 21.2. The van der Waals surface area contributed by atoms with Crippen molar-refractivity contribution in [1.29, 1.82) is 0 Å². The third kappa shape index (κ3) is 17.8. The van der Waals surface area contributed by atoms with Crippen LogP contribution in [0.15, 0.2) is 84.4 Å². The second-order valence-electron chi connectivity index (χ2n) is 27.8. The Labute approximate surface area is 564 Å². The molecule has 3 aliphatic heterocycles. The number of benzene rings is 3. The molecule has 0 bridgehead atoms. The van der Waals surface area contributed by atoms with Crippen molar-refractivity contribution in [1.82, 2.24) is 46.3 Å². The molecule has 9 rings (SSSR count). The van der Waals surface area contributed by atoms with Gasteiger partial charge in [0.05, 0.1) is 52.7 Å². The third-order valence-electron chi connectivity index (χ3n) is 18.2. The molecule has 5 heterocycles. The summed E-state index contributed by atoms with van der Waals surface area (Å²) in [6.45, 7) is 13.1. The molecule has 96 heavy (non-hydrogen) atoms. The van der Waals surface area contributed by atoms with Crippen LogP contribution in [0.1, 0.15) is 163 Å². The van der Waals surface area contributed by atoms with Gasteiger partial charge in [-0.25, -0.2) is 9.37 Å². The van der Waals surface area contributed by atoms with Crippen LogP contribution in [-0.4, -0.2) is 163 Å². The number of hydrogen-bond acceptors (Lipinski definition) is 14. The monoisotopic (exact) mass is 1390 g/mol. The maximum atomic E-state index is 15.0. The highest BCUT2D eigenvalue weighted by molar-refractivity contribution is 7.52. The van der Waals surface area contributed by atoms with Gasteiger partial charge in [0.2, 0.25) is 35.4 Å². The summed E-state index contributed by atoms with van der Waals surface area (Å²) in [6, 6.07) is 15.1. The molecule has 8 amide bonds. The largest absolute Gasteiger partial charge is 0.399 e. The van der Waals surface area contributed by atoms with Gasteiger partial charge in [0, 0.05) is 55.3 Å². The molecule has 3 saturated heterocycles. The Bertz CT molecular complexity index is 3700. The van der Waals surface area contributed by atoms with Gasteiger partial charge in [0.15, 0.2) is 5.67 Å². The number of carbonyl (C=O) groups is 8. The van der Waals surface area contributed by atoms with Crippen molar-refractivity contribution in [3.05, 3.63) is 112 Å². The van der Waals surface area contributed by atoms with Crippen LogP contribution in [0.25, 0.3) is 20.5 Å². The van der Waals surface area contributed by atoms with Crippen LogP contribution in [0, 0.1) is 17.8 Å². The Kier molecular flexibility index (Phi) is 23.1. The first-order valence-electron chi connectivity index (χ1n) is 32.6. The number of alkyl halides is 3. The van der Waals surface area contributed by atoms with E-state index in [9.17, 15) is 71.0 Å². The number of hydrogen-bond donors (Lipinski definition) is 8. The molecule has 4 fully saturated rings. The smallest absolute Gasteiger partial charge is 0.391 e. The summed E-state index contributed by atoms with van der Waals surface area (Å²) in [4.78, 5) is 141. The fourth-order valence-corrected chi connectivity index (χ4v) is 14.7. The van der Waals surface area contributed by atoms with Crippen LogP contribution in [-0.2, 0) is 48.5 Å². The van der Waals surface area contributed by atoms with E-state index in [2.05, 4.69) is 31.6 Å². The van der Waals surface area contributed by atoms with Crippen LogP contribution in [0.4, 0.5) is 13.2 Å². The summed E-state index contributed by atoms with van der Waals surface area (Å²) >= 11 is 2.42. The van der Waals surface area contributed by atoms with Crippen molar-refractivity contribution in [3.8, 4) is 10.4 Å². The summed E-state index contributed by atoms with van der Waals surface area (Å²) in [5.74, 6) is -4.36. The van der Waals surface area contributed by atoms with E-state index in [0.29, 0.717) is 29.6 Å². The number of likely N-dealkylation sites (tertiary alicyclic amines) is 2. The average Bonchev–Trinajstić information content (AvgIpc) is 1.45. The van der Waals surface area contributed by atoms with E-state index in [1.54, 1.807) is 52.0 Å². The highest BCUT2D eigenvalue weighted by atomic mass is 32.1. The molecule has 3 aromatic carbocycles. The van der Waals surface area contributed by atoms with Gasteiger partial charge in [-0.3, -0.25) is 42.9 Å². The molecular weight excluding hydrogens is 1300 g/mol. The first-order valence-corrected chi connectivity index (χ1v) is 35.9. The average molecular weight is 1390 g/mol. The van der Waals surface area contributed by atoms with Crippen molar-refractivity contribution in [3.63, 3.8) is 0 Å². The topological polar surface area (TPSA) is 306 Å². The lowest BCUT2D eigenvalue weighted by Crippen LogP contribution is -2.59. The van der Waals surface area contributed by atoms with Crippen molar-refractivity contribution in [2.24, 2.45) is 10.8 Å². The van der Waals surface area contributed by atoms with Crippen LogP contribution in [0.5, 0.6) is 0 Å². The number of halogens is 3. The summed E-state index contributed by atoms with van der Waals surface area (Å²) in [6.07, 6.45) is 2.93. The Morgan fingerprint density at radius 2 is 1.42 bits per heavy atom. The van der Waals surface area contributed by atoms with Crippen LogP contribution >= 0.6 is 30.3 Å². The number of unbranched alkanes of at least 4 members (excludes halogenated alkanes) is 5. The van der Waals surface area contributed by atoms with Gasteiger partial charge in [0.25, 0.3) is 11.8 Å². The zero-order chi connectivity index (χ0) is 69.7. The minimum absolute atomic E-state index is 0.0404. The van der Waals surface area contributed by atoms with E-state index in [4.69, 9.17) is 4.74 Å². The molecule has 4 aliphatic rings. The SMILES string of the molecule is Cc1ncsc1-c1ccc(C(CC(=O)NCCCCCCCCC(=O)N[C@H]2C[C@@H](C(=O)N3CCOC(c4ccccc4)C3)N(C(=O)C(NC(=O)c3cc4cc(C(F)(F)P(=O)(O)O)ccc4s3)C(C)(C)C)C2)NC(=O)[C@@H]2C[C@@H](O)CN2C(=O)C(NC(=O)C2(F)CC2)C(C)(C)C)cc1. The zero-order valence-corrected chi connectivity index (χ0v) is 57.6. The van der Waals surface area contributed by atoms with Gasteiger partial charge in [-0.2, -0.15) is 8.78 Å². The van der Waals surface area contributed by atoms with E-state index in [0.717, 1.165) is 70.9 Å². The summed E-state index contributed by atoms with van der Waals surface area (Å²) in [5.41, 5.74) is -4.27. The fraction of sp³-hybridized carbons (Fsp3) is 0.544. The van der Waals surface area contributed by atoms with Gasteiger partial charge in [-0.15, -0.1) is 22.7 Å². The first-order chi connectivity index (χ1) is 45.2. The lowest BCUT2D eigenvalue weighted by molar-refractivity contribution is -0.150. The lowest BCUT2D eigenvalue weighted by Gasteiger charge is -2.38. The standard InChI is InChI=1S/C68H87F3N9O13PS2/c1-40-56(95-39-73-40)43-22-20-41(21-23-43)48(75-59(84)49-34-47(81)37-80(49)63(88)58(66(5,6)7)77-64(89)67(69)26-27-67)35-55(83)72-28-16-11-9-8-10-15-19-54(82)74-46-33-50(61(86)78-29-30-93-51(38-78)42-17-13-12-14-18-42)79(36-46)62(87)57(65(2,3)4)76-60(85)53-32-44-31-45(24-25-52(44)96-53)68(70,71)94(90,91)92/h12-14,17-18,20-25,31-32,39,46-51,57-58,81H,8-11,15-16,19,26-30,33-38H2,1-7H3,(H,72,83)(H,74,82)(H,75,84)(H,76,85)(H,77,89)(H2,90,91,92)/t46-,47+,48?,49-,50-,51?,57?,58?/m0/s1. The maximum absolute atomic E-state index is 15.0. The summed E-state index contributed by atoms with van der Waals surface area (Å²) in [5, 5.41) is 25.4. The number of nitrogens with one attached hydrogen (secondary N) is 5. The Morgan fingerprint density at radius 3 is 2.05 bits per heavy atom. The molecule has 8 atom stereocenters. The zero-order valence-electron chi connectivity index (χ0n) is 55.0. The quantitative estimate of drug-likeness (QED) is 0.0190. The van der Waals surface area contributed by atoms with Crippen LogP contribution in [0.2, 0.25) is 0 Å². The molecule has 1 saturated carbocycles. The maximum Gasteiger partial charge on any atom is 0.399 e. The number of carbonyl (C=O) groups excluding carboxylic acids is 8. The molecule has 4 unspecified atom stereocenters. The molecule has 8 N–H and O–H groups in total. The van der Waals surface area contributed by atoms with Gasteiger partial charge in [-0.1, -0.05) is 128 Å². The van der Waals surface area contributed by atoms with Crippen LogP contribution in [0.3, 0.4) is 0 Å². The minimum atomic E-state index is -5.88. The first kappa shape index (κ1) is 73.1. The second-order valence-corrected chi connectivity index (χ2v) is 31.4. The fourth-order valence-electron chi connectivity index (χ4n) is 12.5. The van der Waals surface area contributed by atoms with E-state index < -0.39 is 113 Å². The van der Waals surface area contributed by atoms with E-state index in [1.165, 1.54) is 33.3 Å². The molecule has 22 nitrogen and oxygen atoms in total. The predicted molar refractivity (Wildman–Crippen MR) is 356 cm³/mol. The van der Waals surface area contributed by atoms with Crippen molar-refractivity contribution >= 4 is 87.6 Å². The number of ether oxygens (including phenoxy) is 1.